The van der Waals surface area contributed by atoms with Gasteiger partial charge in [0.1, 0.15) is 0 Å². The van der Waals surface area contributed by atoms with E-state index >= 15 is 0 Å². The van der Waals surface area contributed by atoms with Crippen LogP contribution in [0.4, 0.5) is 0 Å². The largest absolute Gasteiger partial charge is 0.461 e. The summed E-state index contributed by atoms with van der Waals surface area (Å²) in [6, 6.07) is 6.53. The van der Waals surface area contributed by atoms with E-state index in [2.05, 4.69) is 15.0 Å². The summed E-state index contributed by atoms with van der Waals surface area (Å²) >= 11 is 0. The maximum absolute atomic E-state index is 12.5. The monoisotopic (exact) mass is 354 g/mol. The van der Waals surface area contributed by atoms with Gasteiger partial charge in [-0.1, -0.05) is 18.9 Å². The SMILES string of the molecule is CCOC(=O)c1nn(Cc2ccccn2)c2c1CN(C1CCCC1)CC2. The molecule has 0 atom stereocenters. The van der Waals surface area contributed by atoms with Gasteiger partial charge in [-0.25, -0.2) is 4.79 Å². The zero-order valence-electron chi connectivity index (χ0n) is 15.4. The van der Waals surface area contributed by atoms with Crippen molar-refractivity contribution in [2.75, 3.05) is 13.2 Å². The second-order valence-corrected chi connectivity index (χ2v) is 7.13. The summed E-state index contributed by atoms with van der Waals surface area (Å²) in [6.45, 7) is 4.63. The Morgan fingerprint density at radius 3 is 2.88 bits per heavy atom. The number of hydrogen-bond donors (Lipinski definition) is 0. The second kappa shape index (κ2) is 7.58. The minimum atomic E-state index is -0.309. The number of nitrogens with zero attached hydrogens (tertiary/aromatic N) is 4. The standard InChI is InChI=1S/C20H26N4O2/c1-2-26-20(25)19-17-14-23(16-8-3-4-9-16)12-10-18(17)24(22-19)13-15-7-5-6-11-21-15/h5-7,11,16H,2-4,8-10,12-14H2,1H3. The molecule has 0 amide bonds. The van der Waals surface area contributed by atoms with Crippen molar-refractivity contribution in [3.63, 3.8) is 0 Å². The number of carbonyl (C=O) groups is 1. The predicted molar refractivity (Wildman–Crippen MR) is 97.9 cm³/mol. The summed E-state index contributed by atoms with van der Waals surface area (Å²) in [7, 11) is 0. The molecular weight excluding hydrogens is 328 g/mol. The van der Waals surface area contributed by atoms with Crippen LogP contribution in [0.1, 0.15) is 60.0 Å². The Hall–Kier alpha value is -2.21. The molecule has 3 heterocycles. The Labute approximate surface area is 154 Å². The molecule has 0 N–H and O–H groups in total. The van der Waals surface area contributed by atoms with Crippen LogP contribution in [-0.4, -0.2) is 44.8 Å². The van der Waals surface area contributed by atoms with Gasteiger partial charge in [0.25, 0.3) is 0 Å². The summed E-state index contributed by atoms with van der Waals surface area (Å²) < 4.78 is 7.22. The molecule has 6 nitrogen and oxygen atoms in total. The number of esters is 1. The molecule has 2 aromatic heterocycles. The molecule has 26 heavy (non-hydrogen) atoms. The maximum atomic E-state index is 12.5. The summed E-state index contributed by atoms with van der Waals surface area (Å²) in [6.07, 6.45) is 7.89. The molecule has 0 saturated heterocycles. The Kier molecular flexibility index (Phi) is 5.02. The van der Waals surface area contributed by atoms with Crippen molar-refractivity contribution in [2.45, 2.75) is 58.2 Å². The zero-order chi connectivity index (χ0) is 17.9. The lowest BCUT2D eigenvalue weighted by Crippen LogP contribution is -2.38. The van der Waals surface area contributed by atoms with Gasteiger partial charge < -0.3 is 4.74 Å². The van der Waals surface area contributed by atoms with E-state index in [9.17, 15) is 4.79 Å². The molecule has 0 bridgehead atoms. The van der Waals surface area contributed by atoms with Gasteiger partial charge >= 0.3 is 5.97 Å². The fraction of sp³-hybridized carbons (Fsp3) is 0.550. The van der Waals surface area contributed by atoms with Crippen molar-refractivity contribution >= 4 is 5.97 Å². The van der Waals surface area contributed by atoms with Gasteiger partial charge in [0.05, 0.1) is 18.8 Å². The van der Waals surface area contributed by atoms with E-state index in [0.29, 0.717) is 24.9 Å². The van der Waals surface area contributed by atoms with Crippen LogP contribution in [0.2, 0.25) is 0 Å². The second-order valence-electron chi connectivity index (χ2n) is 7.13. The van der Waals surface area contributed by atoms with Crippen LogP contribution in [0.5, 0.6) is 0 Å². The number of hydrogen-bond acceptors (Lipinski definition) is 5. The van der Waals surface area contributed by atoms with Gasteiger partial charge in [0, 0.05) is 43.0 Å². The number of aromatic nitrogens is 3. The first-order valence-electron chi connectivity index (χ1n) is 9.66. The number of carbonyl (C=O) groups excluding carboxylic acids is 1. The van der Waals surface area contributed by atoms with Gasteiger partial charge in [-0.15, -0.1) is 0 Å². The van der Waals surface area contributed by atoms with Crippen LogP contribution < -0.4 is 0 Å². The molecule has 0 aromatic carbocycles. The van der Waals surface area contributed by atoms with Crippen LogP contribution in [0, 0.1) is 0 Å². The van der Waals surface area contributed by atoms with Crippen LogP contribution in [0.15, 0.2) is 24.4 Å². The van der Waals surface area contributed by atoms with Gasteiger partial charge in [-0.3, -0.25) is 14.6 Å². The van der Waals surface area contributed by atoms with E-state index < -0.39 is 0 Å². The van der Waals surface area contributed by atoms with Crippen LogP contribution in [-0.2, 0) is 24.2 Å². The molecular formula is C20H26N4O2. The van der Waals surface area contributed by atoms with Crippen molar-refractivity contribution in [3.05, 3.63) is 47.0 Å². The number of fused-ring (bicyclic) bond motifs is 1. The Morgan fingerprint density at radius 1 is 1.31 bits per heavy atom. The number of ether oxygens (including phenoxy) is 1. The normalized spacial score (nSPS) is 18.0. The number of rotatable bonds is 5. The Morgan fingerprint density at radius 2 is 2.15 bits per heavy atom. The van der Waals surface area contributed by atoms with E-state index in [0.717, 1.165) is 36.5 Å². The van der Waals surface area contributed by atoms with E-state index in [1.54, 1.807) is 6.20 Å². The molecule has 0 radical (unpaired) electrons. The van der Waals surface area contributed by atoms with Gasteiger partial charge in [-0.2, -0.15) is 5.10 Å². The van der Waals surface area contributed by atoms with Crippen molar-refractivity contribution < 1.29 is 9.53 Å². The molecule has 138 valence electrons. The average Bonchev–Trinajstić information content (AvgIpc) is 3.31. The fourth-order valence-corrected chi connectivity index (χ4v) is 4.23. The van der Waals surface area contributed by atoms with Gasteiger partial charge in [0.2, 0.25) is 0 Å². The summed E-state index contributed by atoms with van der Waals surface area (Å²) in [5, 5.41) is 4.64. The van der Waals surface area contributed by atoms with Crippen LogP contribution >= 0.6 is 0 Å². The van der Waals surface area contributed by atoms with Gasteiger partial charge in [-0.05, 0) is 31.9 Å². The predicted octanol–water partition coefficient (Wildman–Crippen LogP) is 2.80. The van der Waals surface area contributed by atoms with Crippen molar-refractivity contribution in [2.24, 2.45) is 0 Å². The summed E-state index contributed by atoms with van der Waals surface area (Å²) in [5.74, 6) is -0.309. The third kappa shape index (κ3) is 3.38. The van der Waals surface area contributed by atoms with Crippen LogP contribution in [0.25, 0.3) is 0 Å². The molecule has 1 aliphatic carbocycles. The molecule has 1 aliphatic heterocycles. The minimum Gasteiger partial charge on any atom is -0.461 e. The summed E-state index contributed by atoms with van der Waals surface area (Å²) in [5.41, 5.74) is 3.65. The van der Waals surface area contributed by atoms with Crippen molar-refractivity contribution in [1.82, 2.24) is 19.7 Å². The molecule has 1 saturated carbocycles. The van der Waals surface area contributed by atoms with Crippen molar-refractivity contribution in [3.8, 4) is 0 Å². The highest BCUT2D eigenvalue weighted by atomic mass is 16.5. The van der Waals surface area contributed by atoms with E-state index in [-0.39, 0.29) is 5.97 Å². The first kappa shape index (κ1) is 17.2. The molecule has 1 fully saturated rings. The Bertz CT molecular complexity index is 766. The lowest BCUT2D eigenvalue weighted by molar-refractivity contribution is 0.0515. The maximum Gasteiger partial charge on any atom is 0.359 e. The lowest BCUT2D eigenvalue weighted by atomic mass is 10.0. The van der Waals surface area contributed by atoms with Gasteiger partial charge in [0.15, 0.2) is 5.69 Å². The average molecular weight is 354 g/mol. The van der Waals surface area contributed by atoms with Crippen molar-refractivity contribution in [1.29, 1.82) is 0 Å². The third-order valence-corrected chi connectivity index (χ3v) is 5.51. The Balaban J connectivity index is 1.64. The summed E-state index contributed by atoms with van der Waals surface area (Å²) in [4.78, 5) is 19.4. The quantitative estimate of drug-likeness (QED) is 0.773. The topological polar surface area (TPSA) is 60.2 Å². The molecule has 0 spiro atoms. The first-order chi connectivity index (χ1) is 12.8. The lowest BCUT2D eigenvalue weighted by Gasteiger charge is -2.32. The number of pyridine rings is 1. The van der Waals surface area contributed by atoms with E-state index in [1.807, 2.05) is 29.8 Å². The highest BCUT2D eigenvalue weighted by molar-refractivity contribution is 5.89. The molecule has 2 aliphatic rings. The molecule has 4 rings (SSSR count). The molecule has 0 unspecified atom stereocenters. The van der Waals surface area contributed by atoms with Crippen LogP contribution in [0.3, 0.4) is 0 Å². The minimum absolute atomic E-state index is 0.309. The van der Waals surface area contributed by atoms with E-state index in [1.165, 1.54) is 25.7 Å². The van der Waals surface area contributed by atoms with E-state index in [4.69, 9.17) is 4.74 Å². The zero-order valence-corrected chi connectivity index (χ0v) is 15.4. The first-order valence-corrected chi connectivity index (χ1v) is 9.66. The highest BCUT2D eigenvalue weighted by Gasteiger charge is 2.32. The fourth-order valence-electron chi connectivity index (χ4n) is 4.23. The third-order valence-electron chi connectivity index (χ3n) is 5.51. The molecule has 6 heteroatoms. The highest BCUT2D eigenvalue weighted by Crippen LogP contribution is 2.30. The molecule has 2 aromatic rings. The smallest absolute Gasteiger partial charge is 0.359 e.